The van der Waals surface area contributed by atoms with Crippen molar-refractivity contribution < 1.29 is 13.9 Å². The lowest BCUT2D eigenvalue weighted by Crippen LogP contribution is -2.08. The first kappa shape index (κ1) is 14.7. The van der Waals surface area contributed by atoms with Crippen LogP contribution in [0.3, 0.4) is 0 Å². The SMILES string of the molecule is COC(=O)CC(C)SCc1ncc(-c2ccccc2)o1. The fourth-order valence-corrected chi connectivity index (χ4v) is 2.52. The number of nitrogens with zero attached hydrogens (tertiary/aromatic N) is 1. The van der Waals surface area contributed by atoms with Crippen LogP contribution < -0.4 is 0 Å². The van der Waals surface area contributed by atoms with Gasteiger partial charge < -0.3 is 9.15 Å². The van der Waals surface area contributed by atoms with Crippen molar-refractivity contribution >= 4 is 17.7 Å². The molecule has 0 fully saturated rings. The summed E-state index contributed by atoms with van der Waals surface area (Å²) in [7, 11) is 1.40. The van der Waals surface area contributed by atoms with E-state index in [1.54, 1.807) is 18.0 Å². The lowest BCUT2D eigenvalue weighted by Gasteiger charge is -2.07. The minimum atomic E-state index is -0.192. The molecule has 2 rings (SSSR count). The number of oxazole rings is 1. The molecule has 0 bridgehead atoms. The number of benzene rings is 1. The van der Waals surface area contributed by atoms with Gasteiger partial charge in [0.15, 0.2) is 5.76 Å². The number of ether oxygens (including phenoxy) is 1. The van der Waals surface area contributed by atoms with E-state index in [1.807, 2.05) is 37.3 Å². The van der Waals surface area contributed by atoms with Crippen LogP contribution in [0.15, 0.2) is 40.9 Å². The van der Waals surface area contributed by atoms with Gasteiger partial charge in [-0.15, -0.1) is 11.8 Å². The number of methoxy groups -OCH3 is 1. The molecule has 0 spiro atoms. The van der Waals surface area contributed by atoms with Crippen LogP contribution >= 0.6 is 11.8 Å². The Balaban J connectivity index is 1.89. The van der Waals surface area contributed by atoms with Gasteiger partial charge in [-0.25, -0.2) is 4.98 Å². The van der Waals surface area contributed by atoms with Crippen LogP contribution in [0.1, 0.15) is 19.2 Å². The zero-order valence-electron chi connectivity index (χ0n) is 11.5. The quantitative estimate of drug-likeness (QED) is 0.762. The number of carbonyl (C=O) groups excluding carboxylic acids is 1. The highest BCUT2D eigenvalue weighted by molar-refractivity contribution is 7.99. The van der Waals surface area contributed by atoms with Crippen molar-refractivity contribution in [3.63, 3.8) is 0 Å². The van der Waals surface area contributed by atoms with Crippen molar-refractivity contribution in [3.8, 4) is 11.3 Å². The number of carbonyl (C=O) groups is 1. The van der Waals surface area contributed by atoms with Gasteiger partial charge in [-0.2, -0.15) is 0 Å². The first-order valence-corrected chi connectivity index (χ1v) is 7.42. The second-order valence-electron chi connectivity index (χ2n) is 4.39. The van der Waals surface area contributed by atoms with Crippen LogP contribution in [0.4, 0.5) is 0 Å². The smallest absolute Gasteiger partial charge is 0.306 e. The monoisotopic (exact) mass is 291 g/mol. The van der Waals surface area contributed by atoms with Gasteiger partial charge in [0.2, 0.25) is 5.89 Å². The molecule has 0 aliphatic carbocycles. The number of esters is 1. The summed E-state index contributed by atoms with van der Waals surface area (Å²) in [4.78, 5) is 15.4. The molecule has 1 atom stereocenters. The number of rotatable bonds is 6. The van der Waals surface area contributed by atoms with E-state index >= 15 is 0 Å². The summed E-state index contributed by atoms with van der Waals surface area (Å²) in [6.45, 7) is 1.99. The van der Waals surface area contributed by atoms with E-state index in [0.29, 0.717) is 18.1 Å². The summed E-state index contributed by atoms with van der Waals surface area (Å²) in [5, 5.41) is 0.175. The van der Waals surface area contributed by atoms with Gasteiger partial charge in [0.05, 0.1) is 25.5 Å². The molecule has 0 saturated heterocycles. The average Bonchev–Trinajstić information content (AvgIpc) is 2.95. The third kappa shape index (κ3) is 4.13. The van der Waals surface area contributed by atoms with E-state index in [0.717, 1.165) is 11.3 Å². The molecule has 0 N–H and O–H groups in total. The van der Waals surface area contributed by atoms with Crippen LogP contribution in [-0.4, -0.2) is 23.3 Å². The summed E-state index contributed by atoms with van der Waals surface area (Å²) in [6, 6.07) is 9.86. The van der Waals surface area contributed by atoms with E-state index in [1.165, 1.54) is 7.11 Å². The van der Waals surface area contributed by atoms with Gasteiger partial charge in [0.1, 0.15) is 0 Å². The number of hydrogen-bond acceptors (Lipinski definition) is 5. The third-order valence-corrected chi connectivity index (χ3v) is 3.93. The Labute approximate surface area is 122 Å². The molecule has 1 aromatic heterocycles. The lowest BCUT2D eigenvalue weighted by molar-refractivity contribution is -0.140. The second-order valence-corrected chi connectivity index (χ2v) is 5.81. The average molecular weight is 291 g/mol. The van der Waals surface area contributed by atoms with Gasteiger partial charge >= 0.3 is 5.97 Å². The van der Waals surface area contributed by atoms with Crippen molar-refractivity contribution in [2.24, 2.45) is 0 Å². The Morgan fingerprint density at radius 1 is 1.40 bits per heavy atom. The van der Waals surface area contributed by atoms with Crippen molar-refractivity contribution in [3.05, 3.63) is 42.4 Å². The lowest BCUT2D eigenvalue weighted by atomic mass is 10.2. The van der Waals surface area contributed by atoms with Crippen molar-refractivity contribution in [2.75, 3.05) is 7.11 Å². The van der Waals surface area contributed by atoms with Crippen LogP contribution in [0.2, 0.25) is 0 Å². The van der Waals surface area contributed by atoms with Crippen LogP contribution in [0.25, 0.3) is 11.3 Å². The summed E-state index contributed by atoms with van der Waals surface area (Å²) in [5.41, 5.74) is 1.01. The number of thioether (sulfide) groups is 1. The maximum atomic E-state index is 11.1. The largest absolute Gasteiger partial charge is 0.469 e. The van der Waals surface area contributed by atoms with Gasteiger partial charge in [0.25, 0.3) is 0 Å². The second kappa shape index (κ2) is 7.14. The molecule has 1 heterocycles. The zero-order valence-corrected chi connectivity index (χ0v) is 12.4. The van der Waals surface area contributed by atoms with Crippen LogP contribution in [0.5, 0.6) is 0 Å². The minimum absolute atomic E-state index is 0.175. The fraction of sp³-hybridized carbons (Fsp3) is 0.333. The molecular weight excluding hydrogens is 274 g/mol. The van der Waals surface area contributed by atoms with E-state index in [4.69, 9.17) is 4.42 Å². The number of aromatic nitrogens is 1. The first-order valence-electron chi connectivity index (χ1n) is 6.37. The summed E-state index contributed by atoms with van der Waals surface area (Å²) in [6.07, 6.45) is 2.13. The van der Waals surface area contributed by atoms with Crippen LogP contribution in [0, 0.1) is 0 Å². The molecule has 4 nitrogen and oxygen atoms in total. The molecule has 1 unspecified atom stereocenters. The number of hydrogen-bond donors (Lipinski definition) is 0. The highest BCUT2D eigenvalue weighted by Crippen LogP contribution is 2.24. The molecule has 0 amide bonds. The topological polar surface area (TPSA) is 52.3 Å². The Kier molecular flexibility index (Phi) is 5.24. The molecule has 0 aliphatic heterocycles. The predicted molar refractivity (Wildman–Crippen MR) is 79.3 cm³/mol. The van der Waals surface area contributed by atoms with Gasteiger partial charge in [-0.05, 0) is 0 Å². The van der Waals surface area contributed by atoms with Crippen molar-refractivity contribution in [2.45, 2.75) is 24.3 Å². The highest BCUT2D eigenvalue weighted by Gasteiger charge is 2.12. The summed E-state index contributed by atoms with van der Waals surface area (Å²) < 4.78 is 10.3. The summed E-state index contributed by atoms with van der Waals surface area (Å²) >= 11 is 1.62. The Bertz CT molecular complexity index is 553. The highest BCUT2D eigenvalue weighted by atomic mass is 32.2. The van der Waals surface area contributed by atoms with E-state index in [9.17, 15) is 4.79 Å². The van der Waals surface area contributed by atoms with Crippen molar-refractivity contribution in [1.82, 2.24) is 4.98 Å². The van der Waals surface area contributed by atoms with Gasteiger partial charge in [-0.1, -0.05) is 37.3 Å². The maximum Gasteiger partial charge on any atom is 0.306 e. The molecular formula is C15H17NO3S. The van der Waals surface area contributed by atoms with E-state index in [-0.39, 0.29) is 11.2 Å². The fourth-order valence-electron chi connectivity index (χ4n) is 1.70. The van der Waals surface area contributed by atoms with Gasteiger partial charge in [-0.3, -0.25) is 4.79 Å². The summed E-state index contributed by atoms with van der Waals surface area (Å²) in [5.74, 6) is 1.89. The molecule has 0 aliphatic rings. The molecule has 106 valence electrons. The maximum absolute atomic E-state index is 11.1. The molecule has 5 heteroatoms. The Hall–Kier alpha value is -1.75. The van der Waals surface area contributed by atoms with Crippen molar-refractivity contribution in [1.29, 1.82) is 0 Å². The van der Waals surface area contributed by atoms with E-state index < -0.39 is 0 Å². The third-order valence-electron chi connectivity index (χ3n) is 2.78. The Morgan fingerprint density at radius 2 is 2.15 bits per heavy atom. The molecule has 0 radical (unpaired) electrons. The first-order chi connectivity index (χ1) is 9.69. The molecule has 20 heavy (non-hydrogen) atoms. The molecule has 0 saturated carbocycles. The van der Waals surface area contributed by atoms with Crippen LogP contribution in [-0.2, 0) is 15.3 Å². The zero-order chi connectivity index (χ0) is 14.4. The van der Waals surface area contributed by atoms with E-state index in [2.05, 4.69) is 9.72 Å². The van der Waals surface area contributed by atoms with Gasteiger partial charge in [0, 0.05) is 10.8 Å². The minimum Gasteiger partial charge on any atom is -0.469 e. The molecule has 1 aromatic carbocycles. The molecule has 2 aromatic rings. The normalized spacial score (nSPS) is 12.1. The Morgan fingerprint density at radius 3 is 2.85 bits per heavy atom. The standard InChI is InChI=1S/C15H17NO3S/c1-11(8-15(17)18-2)20-10-14-16-9-13(19-14)12-6-4-3-5-7-12/h3-7,9,11H,8,10H2,1-2H3. The predicted octanol–water partition coefficient (Wildman–Crippen LogP) is 3.53.